The molecule has 2 heterocycles. The lowest BCUT2D eigenvalue weighted by atomic mass is 9.99. The number of hydrogen-bond acceptors (Lipinski definition) is 5. The summed E-state index contributed by atoms with van der Waals surface area (Å²) in [5.74, 6) is -0.996. The first kappa shape index (κ1) is 16.3. The number of ether oxygens (including phenoxy) is 1. The fourth-order valence-corrected chi connectivity index (χ4v) is 5.82. The second-order valence-electron chi connectivity index (χ2n) is 6.17. The summed E-state index contributed by atoms with van der Waals surface area (Å²) in [6, 6.07) is 7.64. The summed E-state index contributed by atoms with van der Waals surface area (Å²) in [4.78, 5) is 25.2. The van der Waals surface area contributed by atoms with Gasteiger partial charge >= 0.3 is 5.97 Å². The largest absolute Gasteiger partial charge is 0.460 e. The van der Waals surface area contributed by atoms with Gasteiger partial charge in [-0.1, -0.05) is 18.2 Å². The first-order valence-electron chi connectivity index (χ1n) is 7.11. The molecule has 0 aliphatic carbocycles. The van der Waals surface area contributed by atoms with Crippen molar-refractivity contribution >= 4 is 33.3 Å². The third kappa shape index (κ3) is 2.17. The van der Waals surface area contributed by atoms with Crippen LogP contribution in [-0.2, 0) is 19.4 Å². The van der Waals surface area contributed by atoms with Crippen molar-refractivity contribution in [1.29, 1.82) is 0 Å². The molecule has 1 aromatic rings. The minimum absolute atomic E-state index is 0.189. The van der Waals surface area contributed by atoms with Crippen LogP contribution >= 0.6 is 11.6 Å². The summed E-state index contributed by atoms with van der Waals surface area (Å²) >= 11 is 5.86. The maximum Gasteiger partial charge on any atom is 0.338 e. The molecule has 1 amide bonds. The lowest BCUT2D eigenvalue weighted by molar-refractivity contribution is -0.144. The molecule has 2 aliphatic rings. The molecule has 2 aliphatic heterocycles. The maximum absolute atomic E-state index is 12.5. The van der Waals surface area contributed by atoms with Gasteiger partial charge in [0.05, 0.1) is 16.4 Å². The molecule has 1 aromatic carbocycles. The third-order valence-corrected chi connectivity index (χ3v) is 8.03. The van der Waals surface area contributed by atoms with Crippen LogP contribution in [-0.4, -0.2) is 53.3 Å². The quantitative estimate of drug-likeness (QED) is 0.461. The van der Waals surface area contributed by atoms with Crippen molar-refractivity contribution in [1.82, 2.24) is 4.90 Å². The Kier molecular flexibility index (Phi) is 3.68. The van der Waals surface area contributed by atoms with E-state index in [1.165, 1.54) is 18.7 Å². The monoisotopic (exact) mass is 357 g/mol. The van der Waals surface area contributed by atoms with Gasteiger partial charge < -0.3 is 9.64 Å². The van der Waals surface area contributed by atoms with Crippen LogP contribution in [0.4, 0.5) is 0 Å². The second kappa shape index (κ2) is 5.21. The van der Waals surface area contributed by atoms with Gasteiger partial charge in [-0.15, -0.1) is 11.6 Å². The topological polar surface area (TPSA) is 80.8 Å². The normalized spacial score (nSPS) is 30.5. The summed E-state index contributed by atoms with van der Waals surface area (Å²) in [6.45, 7) is 2.86. The summed E-state index contributed by atoms with van der Waals surface area (Å²) in [7, 11) is -3.63. The van der Waals surface area contributed by atoms with E-state index in [1.807, 2.05) is 0 Å². The van der Waals surface area contributed by atoms with Gasteiger partial charge in [-0.05, 0) is 26.0 Å². The number of halogens is 1. The molecule has 2 saturated heterocycles. The molecular formula is C15H16ClNO5S. The Morgan fingerprint density at radius 2 is 1.91 bits per heavy atom. The molecule has 3 rings (SSSR count). The molecule has 0 spiro atoms. The molecule has 0 radical (unpaired) electrons. The predicted molar refractivity (Wildman–Crippen MR) is 83.8 cm³/mol. The van der Waals surface area contributed by atoms with Crippen molar-refractivity contribution in [2.24, 2.45) is 0 Å². The fourth-order valence-electron chi connectivity index (χ4n) is 3.02. The molecule has 0 unspecified atom stereocenters. The van der Waals surface area contributed by atoms with Gasteiger partial charge in [0, 0.05) is 0 Å². The fraction of sp³-hybridized carbons (Fsp3) is 0.467. The third-order valence-electron chi connectivity index (χ3n) is 4.59. The predicted octanol–water partition coefficient (Wildman–Crippen LogP) is 1.19. The van der Waals surface area contributed by atoms with E-state index in [0.29, 0.717) is 5.56 Å². The first-order chi connectivity index (χ1) is 10.7. The molecule has 0 bridgehead atoms. The Balaban J connectivity index is 1.80. The van der Waals surface area contributed by atoms with E-state index < -0.39 is 43.3 Å². The number of β-lactam (4-membered cyclic amide) rings is 1. The number of sulfone groups is 1. The van der Waals surface area contributed by atoms with Crippen molar-refractivity contribution < 1.29 is 22.7 Å². The Bertz CT molecular complexity index is 761. The molecule has 23 heavy (non-hydrogen) atoms. The lowest BCUT2D eigenvalue weighted by Crippen LogP contribution is -2.64. The maximum atomic E-state index is 12.5. The van der Waals surface area contributed by atoms with E-state index >= 15 is 0 Å². The zero-order valence-electron chi connectivity index (χ0n) is 12.6. The van der Waals surface area contributed by atoms with Crippen molar-refractivity contribution in [2.45, 2.75) is 35.4 Å². The molecule has 0 N–H and O–H groups in total. The molecule has 3 atom stereocenters. The SMILES string of the molecule is CC1(C)[C@H](COC(=O)c2ccccc2)N2C(=O)[C@H](Cl)[C@H]2S1(=O)=O. The minimum Gasteiger partial charge on any atom is -0.460 e. The lowest BCUT2D eigenvalue weighted by Gasteiger charge is -2.40. The summed E-state index contributed by atoms with van der Waals surface area (Å²) in [5.41, 5.74) is 0.368. The zero-order valence-corrected chi connectivity index (χ0v) is 14.2. The van der Waals surface area contributed by atoms with Crippen LogP contribution in [0.1, 0.15) is 24.2 Å². The van der Waals surface area contributed by atoms with Gasteiger partial charge in [0.25, 0.3) is 0 Å². The Morgan fingerprint density at radius 3 is 2.52 bits per heavy atom. The zero-order chi connectivity index (χ0) is 17.0. The van der Waals surface area contributed by atoms with E-state index in [0.717, 1.165) is 0 Å². The Labute approximate surface area is 139 Å². The number of amides is 1. The van der Waals surface area contributed by atoms with Gasteiger partial charge in [0.15, 0.2) is 15.2 Å². The number of benzene rings is 1. The van der Waals surface area contributed by atoms with E-state index in [-0.39, 0.29) is 6.61 Å². The van der Waals surface area contributed by atoms with Gasteiger partial charge in [-0.3, -0.25) is 4.79 Å². The molecule has 0 saturated carbocycles. The number of esters is 1. The average Bonchev–Trinajstić information content (AvgIpc) is 2.67. The molecule has 6 nitrogen and oxygen atoms in total. The average molecular weight is 358 g/mol. The molecular weight excluding hydrogens is 342 g/mol. The highest BCUT2D eigenvalue weighted by molar-refractivity contribution is 7.94. The van der Waals surface area contributed by atoms with E-state index in [9.17, 15) is 18.0 Å². The summed E-state index contributed by atoms with van der Waals surface area (Å²) in [6.07, 6.45) is 0. The van der Waals surface area contributed by atoms with Crippen molar-refractivity contribution in [3.63, 3.8) is 0 Å². The van der Waals surface area contributed by atoms with Crippen molar-refractivity contribution in [2.75, 3.05) is 6.61 Å². The Hall–Kier alpha value is -1.60. The highest BCUT2D eigenvalue weighted by Crippen LogP contribution is 2.47. The molecule has 124 valence electrons. The smallest absolute Gasteiger partial charge is 0.338 e. The number of rotatable bonds is 3. The number of hydrogen-bond donors (Lipinski definition) is 0. The van der Waals surface area contributed by atoms with Crippen LogP contribution in [0, 0.1) is 0 Å². The van der Waals surface area contributed by atoms with E-state index in [1.54, 1.807) is 30.3 Å². The van der Waals surface area contributed by atoms with Crippen LogP contribution in [0.2, 0.25) is 0 Å². The highest BCUT2D eigenvalue weighted by Gasteiger charge is 2.69. The van der Waals surface area contributed by atoms with Gasteiger partial charge in [0.2, 0.25) is 5.91 Å². The van der Waals surface area contributed by atoms with Gasteiger partial charge in [-0.2, -0.15) is 0 Å². The van der Waals surface area contributed by atoms with Crippen LogP contribution in [0.25, 0.3) is 0 Å². The second-order valence-corrected chi connectivity index (χ2v) is 9.26. The minimum atomic E-state index is -3.63. The molecule has 8 heteroatoms. The van der Waals surface area contributed by atoms with Crippen LogP contribution in [0.5, 0.6) is 0 Å². The van der Waals surface area contributed by atoms with Crippen LogP contribution in [0.3, 0.4) is 0 Å². The van der Waals surface area contributed by atoms with Crippen LogP contribution in [0.15, 0.2) is 30.3 Å². The number of fused-ring (bicyclic) bond motifs is 1. The number of alkyl halides is 1. The van der Waals surface area contributed by atoms with Crippen LogP contribution < -0.4 is 0 Å². The highest BCUT2D eigenvalue weighted by atomic mass is 35.5. The van der Waals surface area contributed by atoms with Crippen molar-refractivity contribution in [3.8, 4) is 0 Å². The van der Waals surface area contributed by atoms with Gasteiger partial charge in [-0.25, -0.2) is 13.2 Å². The summed E-state index contributed by atoms with van der Waals surface area (Å²) < 4.78 is 29.1. The standard InChI is InChI=1S/C15H16ClNO5S/c1-15(2)10(8-22-14(19)9-6-4-3-5-7-9)17-12(18)11(16)13(17)23(15,20)21/h3-7,10-11,13H,8H2,1-2H3/t10-,11-,13+/m0/s1. The Morgan fingerprint density at radius 1 is 1.30 bits per heavy atom. The van der Waals surface area contributed by atoms with E-state index in [4.69, 9.17) is 16.3 Å². The molecule has 2 fully saturated rings. The summed E-state index contributed by atoms with van der Waals surface area (Å²) in [5, 5.41) is -2.10. The van der Waals surface area contributed by atoms with E-state index in [2.05, 4.69) is 0 Å². The molecule has 0 aromatic heterocycles. The number of carbonyl (C=O) groups excluding carboxylic acids is 2. The van der Waals surface area contributed by atoms with Gasteiger partial charge in [0.1, 0.15) is 12.0 Å². The van der Waals surface area contributed by atoms with Crippen molar-refractivity contribution in [3.05, 3.63) is 35.9 Å². The number of nitrogens with zero attached hydrogens (tertiary/aromatic N) is 1. The number of carbonyl (C=O) groups is 2. The first-order valence-corrected chi connectivity index (χ1v) is 9.09.